The fourth-order valence-electron chi connectivity index (χ4n) is 4.05. The molecule has 0 aliphatic carbocycles. The molecule has 1 aliphatic heterocycles. The van der Waals surface area contributed by atoms with Crippen LogP contribution in [0.1, 0.15) is 19.3 Å². The highest BCUT2D eigenvalue weighted by Crippen LogP contribution is 2.17. The molecule has 0 atom stereocenters. The molecule has 8 heteroatoms. The monoisotopic (exact) mass is 456 g/mol. The van der Waals surface area contributed by atoms with Crippen LogP contribution in [0.3, 0.4) is 0 Å². The Morgan fingerprint density at radius 3 is 2.47 bits per heavy atom. The van der Waals surface area contributed by atoms with E-state index in [-0.39, 0.29) is 17.3 Å². The van der Waals surface area contributed by atoms with Crippen molar-refractivity contribution in [2.75, 3.05) is 44.2 Å². The first-order valence-corrected chi connectivity index (χ1v) is 12.0. The Labute approximate surface area is 191 Å². The molecule has 0 spiro atoms. The minimum absolute atomic E-state index is 0.0329. The Bertz CT molecular complexity index is 1090. The number of nitrogens with zero attached hydrogens (tertiary/aromatic N) is 3. The number of hydrogen-bond acceptors (Lipinski definition) is 5. The van der Waals surface area contributed by atoms with Crippen molar-refractivity contribution < 1.29 is 9.18 Å². The third kappa shape index (κ3) is 5.75. The van der Waals surface area contributed by atoms with Gasteiger partial charge in [-0.1, -0.05) is 23.7 Å². The lowest BCUT2D eigenvalue weighted by molar-refractivity contribution is -0.121. The van der Waals surface area contributed by atoms with Crippen molar-refractivity contribution in [1.82, 2.24) is 14.2 Å². The summed E-state index contributed by atoms with van der Waals surface area (Å²) in [7, 11) is 0. The molecule has 0 unspecified atom stereocenters. The molecule has 1 amide bonds. The Hall–Kier alpha value is -2.71. The van der Waals surface area contributed by atoms with Gasteiger partial charge in [0.15, 0.2) is 0 Å². The SMILES string of the molecule is O=C(CCCn1sc2ccccc2c1=O)NCCCN1CCN(c2ccc(F)cc2)CC1. The van der Waals surface area contributed by atoms with Gasteiger partial charge in [-0.05, 0) is 55.8 Å². The number of anilines is 1. The fraction of sp³-hybridized carbons (Fsp3) is 0.417. The van der Waals surface area contributed by atoms with E-state index in [1.807, 2.05) is 36.4 Å². The number of aryl methyl sites for hydroxylation is 1. The van der Waals surface area contributed by atoms with E-state index in [4.69, 9.17) is 0 Å². The summed E-state index contributed by atoms with van der Waals surface area (Å²) >= 11 is 1.46. The van der Waals surface area contributed by atoms with E-state index < -0.39 is 0 Å². The molecular weight excluding hydrogens is 427 g/mol. The average Bonchev–Trinajstić information content (AvgIpc) is 3.13. The van der Waals surface area contributed by atoms with Gasteiger partial charge in [0, 0.05) is 51.4 Å². The lowest BCUT2D eigenvalue weighted by atomic mass is 10.2. The Morgan fingerprint density at radius 2 is 1.72 bits per heavy atom. The average molecular weight is 457 g/mol. The summed E-state index contributed by atoms with van der Waals surface area (Å²) in [5.74, 6) is -0.163. The van der Waals surface area contributed by atoms with Crippen molar-refractivity contribution in [3.05, 3.63) is 64.7 Å². The summed E-state index contributed by atoms with van der Waals surface area (Å²) in [5, 5.41) is 3.74. The molecule has 1 aliphatic rings. The quantitative estimate of drug-likeness (QED) is 0.502. The van der Waals surface area contributed by atoms with E-state index in [1.165, 1.54) is 23.7 Å². The second kappa shape index (κ2) is 10.7. The molecular formula is C24H29FN4O2S. The van der Waals surface area contributed by atoms with Gasteiger partial charge in [0.05, 0.1) is 10.1 Å². The zero-order valence-electron chi connectivity index (χ0n) is 18.1. The first-order chi connectivity index (χ1) is 15.6. The van der Waals surface area contributed by atoms with Crippen molar-refractivity contribution in [2.45, 2.75) is 25.8 Å². The standard InChI is InChI=1S/C24H29FN4O2S/c25-19-8-10-20(11-9-19)28-17-15-27(16-18-28)13-4-12-26-23(30)7-3-14-29-24(31)21-5-1-2-6-22(21)32-29/h1-2,5-6,8-11H,3-4,7,12-18H2,(H,26,30). The number of fused-ring (bicyclic) bond motifs is 1. The van der Waals surface area contributed by atoms with Crippen LogP contribution in [0.4, 0.5) is 10.1 Å². The molecule has 0 bridgehead atoms. The van der Waals surface area contributed by atoms with Gasteiger partial charge >= 0.3 is 0 Å². The summed E-state index contributed by atoms with van der Waals surface area (Å²) in [6.45, 7) is 5.98. The molecule has 0 saturated carbocycles. The van der Waals surface area contributed by atoms with Crippen molar-refractivity contribution >= 4 is 33.2 Å². The first-order valence-electron chi connectivity index (χ1n) is 11.2. The Balaban J connectivity index is 1.09. The number of rotatable bonds is 9. The molecule has 32 heavy (non-hydrogen) atoms. The molecule has 4 rings (SSSR count). The van der Waals surface area contributed by atoms with Gasteiger partial charge in [0.1, 0.15) is 5.82 Å². The van der Waals surface area contributed by atoms with Crippen LogP contribution in [0.2, 0.25) is 0 Å². The predicted octanol–water partition coefficient (Wildman–Crippen LogP) is 3.31. The van der Waals surface area contributed by atoms with Gasteiger partial charge in [-0.15, -0.1) is 0 Å². The summed E-state index contributed by atoms with van der Waals surface area (Å²) in [4.78, 5) is 29.1. The van der Waals surface area contributed by atoms with Crippen molar-refractivity contribution in [3.63, 3.8) is 0 Å². The van der Waals surface area contributed by atoms with E-state index in [1.54, 1.807) is 3.96 Å². The number of piperazine rings is 1. The van der Waals surface area contributed by atoms with Gasteiger partial charge in [-0.2, -0.15) is 0 Å². The van der Waals surface area contributed by atoms with Crippen LogP contribution in [0.25, 0.3) is 10.1 Å². The molecule has 170 valence electrons. The third-order valence-electron chi connectivity index (χ3n) is 5.85. The van der Waals surface area contributed by atoms with Gasteiger partial charge in [0.2, 0.25) is 5.91 Å². The van der Waals surface area contributed by atoms with E-state index in [2.05, 4.69) is 15.1 Å². The molecule has 2 aromatic carbocycles. The fourth-order valence-corrected chi connectivity index (χ4v) is 5.08. The molecule has 6 nitrogen and oxygen atoms in total. The largest absolute Gasteiger partial charge is 0.369 e. The first kappa shape index (κ1) is 22.5. The minimum atomic E-state index is -0.205. The van der Waals surface area contributed by atoms with E-state index in [9.17, 15) is 14.0 Å². The number of benzene rings is 2. The minimum Gasteiger partial charge on any atom is -0.369 e. The van der Waals surface area contributed by atoms with Gasteiger partial charge in [-0.3, -0.25) is 18.4 Å². The second-order valence-corrected chi connectivity index (χ2v) is 9.17. The van der Waals surface area contributed by atoms with E-state index >= 15 is 0 Å². The molecule has 2 heterocycles. The zero-order valence-corrected chi connectivity index (χ0v) is 19.0. The number of carbonyl (C=O) groups excluding carboxylic acids is 1. The van der Waals surface area contributed by atoms with E-state index in [0.717, 1.165) is 54.9 Å². The molecule has 1 aromatic heterocycles. The van der Waals surface area contributed by atoms with Crippen LogP contribution in [0.15, 0.2) is 53.3 Å². The lowest BCUT2D eigenvalue weighted by Gasteiger charge is -2.36. The summed E-state index contributed by atoms with van der Waals surface area (Å²) in [5.41, 5.74) is 1.10. The normalized spacial score (nSPS) is 14.7. The summed E-state index contributed by atoms with van der Waals surface area (Å²) < 4.78 is 15.8. The smallest absolute Gasteiger partial charge is 0.268 e. The molecule has 1 fully saturated rings. The number of amides is 1. The number of hydrogen-bond donors (Lipinski definition) is 1. The third-order valence-corrected chi connectivity index (χ3v) is 6.98. The summed E-state index contributed by atoms with van der Waals surface area (Å²) in [6, 6.07) is 14.3. The number of nitrogens with one attached hydrogen (secondary N) is 1. The van der Waals surface area contributed by atoms with Crippen LogP contribution < -0.4 is 15.8 Å². The maximum Gasteiger partial charge on any atom is 0.268 e. The van der Waals surface area contributed by atoms with Crippen molar-refractivity contribution in [1.29, 1.82) is 0 Å². The highest BCUT2D eigenvalue weighted by Gasteiger charge is 2.17. The van der Waals surface area contributed by atoms with Crippen molar-refractivity contribution in [3.8, 4) is 0 Å². The lowest BCUT2D eigenvalue weighted by Crippen LogP contribution is -2.47. The number of halogens is 1. The zero-order chi connectivity index (χ0) is 22.3. The molecule has 3 aromatic rings. The molecule has 1 saturated heterocycles. The van der Waals surface area contributed by atoms with Gasteiger partial charge < -0.3 is 10.2 Å². The maximum atomic E-state index is 13.1. The van der Waals surface area contributed by atoms with Crippen LogP contribution >= 0.6 is 11.5 Å². The summed E-state index contributed by atoms with van der Waals surface area (Å²) in [6.07, 6.45) is 2.00. The van der Waals surface area contributed by atoms with Crippen LogP contribution in [-0.4, -0.2) is 54.0 Å². The highest BCUT2D eigenvalue weighted by atomic mass is 32.1. The topological polar surface area (TPSA) is 57.6 Å². The molecule has 0 radical (unpaired) electrons. The Kier molecular flexibility index (Phi) is 7.55. The predicted molar refractivity (Wildman–Crippen MR) is 128 cm³/mol. The maximum absolute atomic E-state index is 13.1. The highest BCUT2D eigenvalue weighted by molar-refractivity contribution is 7.13. The van der Waals surface area contributed by atoms with Crippen LogP contribution in [0, 0.1) is 5.82 Å². The number of aromatic nitrogens is 1. The van der Waals surface area contributed by atoms with Gasteiger partial charge in [0.25, 0.3) is 5.56 Å². The Morgan fingerprint density at radius 1 is 0.969 bits per heavy atom. The number of carbonyl (C=O) groups is 1. The van der Waals surface area contributed by atoms with E-state index in [0.29, 0.717) is 25.9 Å². The molecule has 1 N–H and O–H groups in total. The second-order valence-electron chi connectivity index (χ2n) is 8.11. The van der Waals surface area contributed by atoms with Crippen LogP contribution in [-0.2, 0) is 11.3 Å². The van der Waals surface area contributed by atoms with Crippen LogP contribution in [0.5, 0.6) is 0 Å². The van der Waals surface area contributed by atoms with Crippen molar-refractivity contribution in [2.24, 2.45) is 0 Å². The van der Waals surface area contributed by atoms with Gasteiger partial charge in [-0.25, -0.2) is 4.39 Å².